The molecule has 0 spiro atoms. The van der Waals surface area contributed by atoms with Gasteiger partial charge in [-0.15, -0.1) is 10.2 Å². The van der Waals surface area contributed by atoms with Gasteiger partial charge in [0.25, 0.3) is 0 Å². The van der Waals surface area contributed by atoms with Crippen LogP contribution in [0.25, 0.3) is 22.0 Å². The average Bonchev–Trinajstić information content (AvgIpc) is 3.15. The average molecular weight is 376 g/mol. The standard InChI is InChI=1S/C18H15F3N4O2/c19-18(20,21)10-1-2-13(15(26)7-10)16-12-3-5-22-8-14(12)17(25-24-16)23-11-4-6-27-9-11/h1-3,5,7-8,11,26H,4,6,9H2,(H,23,25)/t11-/m0/s1. The van der Waals surface area contributed by atoms with Crippen LogP contribution in [0.1, 0.15) is 12.0 Å². The van der Waals surface area contributed by atoms with Crippen LogP contribution < -0.4 is 5.32 Å². The third-order valence-electron chi connectivity index (χ3n) is 4.43. The molecule has 1 atom stereocenters. The minimum atomic E-state index is -4.54. The molecule has 4 rings (SSSR count). The number of rotatable bonds is 3. The van der Waals surface area contributed by atoms with Crippen molar-refractivity contribution in [2.75, 3.05) is 18.5 Å². The molecule has 0 bridgehead atoms. The van der Waals surface area contributed by atoms with Gasteiger partial charge in [-0.3, -0.25) is 4.98 Å². The number of nitrogens with zero attached hydrogens (tertiary/aromatic N) is 3. The zero-order chi connectivity index (χ0) is 19.0. The van der Waals surface area contributed by atoms with Crippen molar-refractivity contribution in [1.29, 1.82) is 0 Å². The molecule has 27 heavy (non-hydrogen) atoms. The van der Waals surface area contributed by atoms with Gasteiger partial charge in [-0.1, -0.05) is 0 Å². The van der Waals surface area contributed by atoms with Crippen molar-refractivity contribution in [3.05, 3.63) is 42.2 Å². The Balaban J connectivity index is 1.79. The number of aromatic nitrogens is 3. The zero-order valence-electron chi connectivity index (χ0n) is 14.0. The lowest BCUT2D eigenvalue weighted by molar-refractivity contribution is -0.137. The summed E-state index contributed by atoms with van der Waals surface area (Å²) in [6, 6.07) is 4.58. The van der Waals surface area contributed by atoms with Gasteiger partial charge < -0.3 is 15.2 Å². The third-order valence-corrected chi connectivity index (χ3v) is 4.43. The molecule has 1 aliphatic rings. The SMILES string of the molecule is Oc1cc(C(F)(F)F)ccc1-c1nnc(N[C@H]2CCOC2)c2cnccc12. The molecule has 1 aromatic carbocycles. The van der Waals surface area contributed by atoms with Gasteiger partial charge in [0.15, 0.2) is 5.82 Å². The van der Waals surface area contributed by atoms with Crippen LogP contribution in [0.15, 0.2) is 36.7 Å². The lowest BCUT2D eigenvalue weighted by Gasteiger charge is -2.15. The number of alkyl halides is 3. The molecule has 3 aromatic rings. The largest absolute Gasteiger partial charge is 0.507 e. The van der Waals surface area contributed by atoms with E-state index in [4.69, 9.17) is 4.74 Å². The van der Waals surface area contributed by atoms with E-state index in [9.17, 15) is 18.3 Å². The van der Waals surface area contributed by atoms with Crippen molar-refractivity contribution in [1.82, 2.24) is 15.2 Å². The quantitative estimate of drug-likeness (QED) is 0.727. The van der Waals surface area contributed by atoms with E-state index in [-0.39, 0.29) is 17.3 Å². The van der Waals surface area contributed by atoms with Crippen LogP contribution in [0.5, 0.6) is 5.75 Å². The smallest absolute Gasteiger partial charge is 0.416 e. The van der Waals surface area contributed by atoms with Crippen LogP contribution in [-0.2, 0) is 10.9 Å². The Hall–Kier alpha value is -2.94. The van der Waals surface area contributed by atoms with Crippen LogP contribution >= 0.6 is 0 Å². The normalized spacial score (nSPS) is 17.4. The fourth-order valence-corrected chi connectivity index (χ4v) is 3.05. The number of benzene rings is 1. The zero-order valence-corrected chi connectivity index (χ0v) is 14.0. The summed E-state index contributed by atoms with van der Waals surface area (Å²) in [6.45, 7) is 1.23. The van der Waals surface area contributed by atoms with Crippen molar-refractivity contribution in [3.63, 3.8) is 0 Å². The number of ether oxygens (including phenoxy) is 1. The summed E-state index contributed by atoms with van der Waals surface area (Å²) >= 11 is 0. The number of hydrogen-bond acceptors (Lipinski definition) is 6. The number of aromatic hydroxyl groups is 1. The highest BCUT2D eigenvalue weighted by Gasteiger charge is 2.31. The molecule has 0 unspecified atom stereocenters. The van der Waals surface area contributed by atoms with E-state index in [1.165, 1.54) is 6.07 Å². The van der Waals surface area contributed by atoms with Crippen LogP contribution in [0.2, 0.25) is 0 Å². The monoisotopic (exact) mass is 376 g/mol. The minimum absolute atomic E-state index is 0.105. The highest BCUT2D eigenvalue weighted by Crippen LogP contribution is 2.38. The molecule has 3 heterocycles. The summed E-state index contributed by atoms with van der Waals surface area (Å²) in [5.41, 5.74) is -0.475. The number of fused-ring (bicyclic) bond motifs is 1. The molecule has 0 amide bonds. The molecule has 2 aromatic heterocycles. The summed E-state index contributed by atoms with van der Waals surface area (Å²) in [6.07, 6.45) is -0.542. The molecular formula is C18H15F3N4O2. The van der Waals surface area contributed by atoms with Crippen molar-refractivity contribution in [3.8, 4) is 17.0 Å². The predicted octanol–water partition coefficient (Wildman–Crippen LogP) is 3.62. The van der Waals surface area contributed by atoms with E-state index in [0.717, 1.165) is 12.5 Å². The summed E-state index contributed by atoms with van der Waals surface area (Å²) in [7, 11) is 0. The Bertz CT molecular complexity index is 988. The fraction of sp³-hybridized carbons (Fsp3) is 0.278. The molecule has 1 fully saturated rings. The van der Waals surface area contributed by atoms with E-state index < -0.39 is 17.5 Å². The molecule has 0 aliphatic carbocycles. The van der Waals surface area contributed by atoms with Crippen LogP contribution in [0.3, 0.4) is 0 Å². The van der Waals surface area contributed by atoms with Gasteiger partial charge in [0.05, 0.1) is 18.2 Å². The Morgan fingerprint density at radius 1 is 1.15 bits per heavy atom. The Morgan fingerprint density at radius 2 is 2.00 bits per heavy atom. The first-order chi connectivity index (χ1) is 12.9. The van der Waals surface area contributed by atoms with Crippen LogP contribution in [-0.4, -0.2) is 39.5 Å². The number of anilines is 1. The molecule has 0 saturated carbocycles. The maximum absolute atomic E-state index is 12.8. The van der Waals surface area contributed by atoms with E-state index >= 15 is 0 Å². The molecule has 1 saturated heterocycles. The second-order valence-corrected chi connectivity index (χ2v) is 6.25. The Morgan fingerprint density at radius 3 is 2.70 bits per heavy atom. The molecule has 1 aliphatic heterocycles. The van der Waals surface area contributed by atoms with Gasteiger partial charge >= 0.3 is 6.18 Å². The second-order valence-electron chi connectivity index (χ2n) is 6.25. The third kappa shape index (κ3) is 3.37. The lowest BCUT2D eigenvalue weighted by atomic mass is 10.0. The summed E-state index contributed by atoms with van der Waals surface area (Å²) in [5.74, 6) is 0.00545. The first-order valence-corrected chi connectivity index (χ1v) is 8.29. The Kier molecular flexibility index (Phi) is 4.31. The number of halogens is 3. The highest BCUT2D eigenvalue weighted by molar-refractivity contribution is 6.00. The molecule has 140 valence electrons. The van der Waals surface area contributed by atoms with Crippen molar-refractivity contribution < 1.29 is 23.0 Å². The van der Waals surface area contributed by atoms with Gasteiger partial charge in [0.1, 0.15) is 11.4 Å². The number of pyridine rings is 1. The van der Waals surface area contributed by atoms with Crippen molar-refractivity contribution in [2.24, 2.45) is 0 Å². The predicted molar refractivity (Wildman–Crippen MR) is 92.3 cm³/mol. The first-order valence-electron chi connectivity index (χ1n) is 8.29. The first kappa shape index (κ1) is 17.5. The van der Waals surface area contributed by atoms with E-state index in [0.29, 0.717) is 35.9 Å². The fourth-order valence-electron chi connectivity index (χ4n) is 3.05. The summed E-state index contributed by atoms with van der Waals surface area (Å²) < 4.78 is 43.8. The molecule has 2 N–H and O–H groups in total. The lowest BCUT2D eigenvalue weighted by Crippen LogP contribution is -2.20. The number of phenolic OH excluding ortho intramolecular Hbond substituents is 1. The summed E-state index contributed by atoms with van der Waals surface area (Å²) in [5, 5.41) is 23.0. The van der Waals surface area contributed by atoms with Gasteiger partial charge in [0.2, 0.25) is 0 Å². The minimum Gasteiger partial charge on any atom is -0.507 e. The maximum Gasteiger partial charge on any atom is 0.416 e. The molecule has 6 nitrogen and oxygen atoms in total. The Labute approximate surface area is 152 Å². The topological polar surface area (TPSA) is 80.2 Å². The van der Waals surface area contributed by atoms with Crippen LogP contribution in [0, 0.1) is 0 Å². The highest BCUT2D eigenvalue weighted by atomic mass is 19.4. The molecule has 0 radical (unpaired) electrons. The number of nitrogens with one attached hydrogen (secondary N) is 1. The second kappa shape index (κ2) is 6.66. The number of phenols is 1. The van der Waals surface area contributed by atoms with E-state index in [2.05, 4.69) is 20.5 Å². The van der Waals surface area contributed by atoms with Gasteiger partial charge in [-0.2, -0.15) is 13.2 Å². The number of hydrogen-bond donors (Lipinski definition) is 2. The van der Waals surface area contributed by atoms with Gasteiger partial charge in [-0.05, 0) is 30.7 Å². The van der Waals surface area contributed by atoms with E-state index in [1.807, 2.05) is 0 Å². The van der Waals surface area contributed by atoms with Gasteiger partial charge in [0, 0.05) is 35.3 Å². The molecule has 9 heteroatoms. The van der Waals surface area contributed by atoms with Crippen molar-refractivity contribution in [2.45, 2.75) is 18.6 Å². The van der Waals surface area contributed by atoms with Crippen LogP contribution in [0.4, 0.5) is 19.0 Å². The molecular weight excluding hydrogens is 361 g/mol. The maximum atomic E-state index is 12.8. The van der Waals surface area contributed by atoms with Gasteiger partial charge in [-0.25, -0.2) is 0 Å². The van der Waals surface area contributed by atoms with E-state index in [1.54, 1.807) is 18.5 Å². The van der Waals surface area contributed by atoms with Crippen molar-refractivity contribution >= 4 is 16.6 Å². The summed E-state index contributed by atoms with van der Waals surface area (Å²) in [4.78, 5) is 4.10.